The molecule has 22 heavy (non-hydrogen) atoms. The van der Waals surface area contributed by atoms with E-state index in [0.29, 0.717) is 15.7 Å². The van der Waals surface area contributed by atoms with Gasteiger partial charge in [-0.3, -0.25) is 4.79 Å². The van der Waals surface area contributed by atoms with Crippen LogP contribution in [-0.2, 0) is 4.79 Å². The predicted molar refractivity (Wildman–Crippen MR) is 91.6 cm³/mol. The van der Waals surface area contributed by atoms with Gasteiger partial charge in [0, 0.05) is 15.7 Å². The molecule has 0 saturated heterocycles. The van der Waals surface area contributed by atoms with E-state index >= 15 is 0 Å². The maximum atomic E-state index is 14.1. The van der Waals surface area contributed by atoms with Gasteiger partial charge < -0.3 is 15.7 Å². The third-order valence-electron chi connectivity index (χ3n) is 2.90. The molecule has 2 aromatic carbocycles. The number of hydrogen-bond acceptors (Lipinski definition) is 3. The summed E-state index contributed by atoms with van der Waals surface area (Å²) in [7, 11) is 0. The zero-order valence-electron chi connectivity index (χ0n) is 11.3. The van der Waals surface area contributed by atoms with Crippen LogP contribution in [0.15, 0.2) is 46.9 Å². The normalized spacial score (nSPS) is 10.3. The van der Waals surface area contributed by atoms with Crippen molar-refractivity contribution in [1.29, 1.82) is 0 Å². The SMILES string of the molecule is Nc1ccc(C(=S)N(CC(=O)O)c2ccc(Br)cc2F)cc1. The molecular weight excluding hydrogens is 371 g/mol. The van der Waals surface area contributed by atoms with Crippen LogP contribution in [0.1, 0.15) is 5.56 Å². The fraction of sp³-hybridized carbons (Fsp3) is 0.0667. The molecule has 0 unspecified atom stereocenters. The topological polar surface area (TPSA) is 66.6 Å². The number of benzene rings is 2. The van der Waals surface area contributed by atoms with E-state index in [1.807, 2.05) is 0 Å². The van der Waals surface area contributed by atoms with Gasteiger partial charge in [-0.2, -0.15) is 0 Å². The molecular formula is C15H12BrFN2O2S. The van der Waals surface area contributed by atoms with Gasteiger partial charge in [0.15, 0.2) is 0 Å². The minimum Gasteiger partial charge on any atom is -0.480 e. The highest BCUT2D eigenvalue weighted by Gasteiger charge is 2.20. The third kappa shape index (κ3) is 3.80. The quantitative estimate of drug-likeness (QED) is 0.626. The third-order valence-corrected chi connectivity index (χ3v) is 3.85. The van der Waals surface area contributed by atoms with E-state index in [0.717, 1.165) is 0 Å². The molecule has 0 aromatic heterocycles. The standard InChI is InChI=1S/C15H12BrFN2O2S/c16-10-3-6-13(12(17)7-10)19(8-14(20)21)15(22)9-1-4-11(18)5-2-9/h1-7H,8,18H2,(H,20,21). The molecule has 3 N–H and O–H groups in total. The van der Waals surface area contributed by atoms with Gasteiger partial charge in [-0.05, 0) is 42.5 Å². The van der Waals surface area contributed by atoms with Crippen molar-refractivity contribution < 1.29 is 14.3 Å². The largest absolute Gasteiger partial charge is 0.480 e. The molecule has 0 bridgehead atoms. The summed E-state index contributed by atoms with van der Waals surface area (Å²) in [6, 6.07) is 11.0. The van der Waals surface area contributed by atoms with Gasteiger partial charge in [0.05, 0.1) is 5.69 Å². The fourth-order valence-corrected chi connectivity index (χ4v) is 2.52. The lowest BCUT2D eigenvalue weighted by atomic mass is 10.1. The lowest BCUT2D eigenvalue weighted by Gasteiger charge is -2.24. The van der Waals surface area contributed by atoms with E-state index in [9.17, 15) is 9.18 Å². The lowest BCUT2D eigenvalue weighted by Crippen LogP contribution is -2.35. The highest BCUT2D eigenvalue weighted by atomic mass is 79.9. The number of carboxylic acid groups (broad SMARTS) is 1. The molecule has 2 rings (SSSR count). The lowest BCUT2D eigenvalue weighted by molar-refractivity contribution is -0.135. The molecule has 0 spiro atoms. The maximum Gasteiger partial charge on any atom is 0.323 e. The van der Waals surface area contributed by atoms with E-state index in [-0.39, 0.29) is 10.7 Å². The van der Waals surface area contributed by atoms with E-state index in [1.54, 1.807) is 30.3 Å². The van der Waals surface area contributed by atoms with E-state index in [1.165, 1.54) is 17.0 Å². The first kappa shape index (κ1) is 16.4. The first-order chi connectivity index (χ1) is 10.4. The summed E-state index contributed by atoms with van der Waals surface area (Å²) < 4.78 is 14.7. The zero-order chi connectivity index (χ0) is 16.3. The minimum absolute atomic E-state index is 0.104. The number of nitrogens with two attached hydrogens (primary N) is 1. The monoisotopic (exact) mass is 382 g/mol. The average molecular weight is 383 g/mol. The molecule has 7 heteroatoms. The van der Waals surface area contributed by atoms with Crippen molar-refractivity contribution >= 4 is 50.5 Å². The van der Waals surface area contributed by atoms with E-state index < -0.39 is 18.3 Å². The Labute approximate surface area is 140 Å². The van der Waals surface area contributed by atoms with Crippen LogP contribution in [0.4, 0.5) is 15.8 Å². The average Bonchev–Trinajstić information content (AvgIpc) is 2.45. The van der Waals surface area contributed by atoms with Crippen molar-refractivity contribution in [3.63, 3.8) is 0 Å². The number of aliphatic carboxylic acids is 1. The molecule has 0 aliphatic carbocycles. The number of hydrogen-bond donors (Lipinski definition) is 2. The predicted octanol–water partition coefficient (Wildman–Crippen LogP) is 3.44. The molecule has 0 aliphatic heterocycles. The molecule has 0 amide bonds. The van der Waals surface area contributed by atoms with Gasteiger partial charge in [-0.1, -0.05) is 28.1 Å². The van der Waals surface area contributed by atoms with Crippen molar-refractivity contribution in [2.45, 2.75) is 0 Å². The Kier molecular flexibility index (Phi) is 5.10. The minimum atomic E-state index is -1.11. The first-order valence-electron chi connectivity index (χ1n) is 6.22. The molecule has 0 heterocycles. The summed E-state index contributed by atoms with van der Waals surface area (Å²) in [4.78, 5) is 12.6. The van der Waals surface area contributed by atoms with Crippen LogP contribution in [0.25, 0.3) is 0 Å². The number of nitrogens with zero attached hydrogens (tertiary/aromatic N) is 1. The van der Waals surface area contributed by atoms with Crippen LogP contribution in [0.3, 0.4) is 0 Å². The van der Waals surface area contributed by atoms with E-state index in [2.05, 4.69) is 15.9 Å². The number of anilines is 2. The Bertz CT molecular complexity index is 722. The van der Waals surface area contributed by atoms with Crippen molar-refractivity contribution in [3.8, 4) is 0 Å². The molecule has 0 atom stereocenters. The van der Waals surface area contributed by atoms with Crippen LogP contribution >= 0.6 is 28.1 Å². The summed E-state index contributed by atoms with van der Waals surface area (Å²) >= 11 is 8.49. The number of carboxylic acids is 1. The maximum absolute atomic E-state index is 14.1. The second kappa shape index (κ2) is 6.85. The summed E-state index contributed by atoms with van der Waals surface area (Å²) in [5, 5.41) is 9.08. The van der Waals surface area contributed by atoms with Crippen LogP contribution in [0, 0.1) is 5.82 Å². The highest BCUT2D eigenvalue weighted by molar-refractivity contribution is 9.10. The molecule has 0 radical (unpaired) electrons. The van der Waals surface area contributed by atoms with Gasteiger partial charge in [-0.15, -0.1) is 0 Å². The molecule has 2 aromatic rings. The first-order valence-corrected chi connectivity index (χ1v) is 7.43. The second-order valence-electron chi connectivity index (χ2n) is 4.50. The summed E-state index contributed by atoms with van der Waals surface area (Å²) in [5.74, 6) is -1.67. The Morgan fingerprint density at radius 1 is 1.27 bits per heavy atom. The molecule has 0 saturated carbocycles. The number of rotatable bonds is 4. The fourth-order valence-electron chi connectivity index (χ4n) is 1.88. The van der Waals surface area contributed by atoms with Gasteiger partial charge in [0.1, 0.15) is 17.4 Å². The zero-order valence-corrected chi connectivity index (χ0v) is 13.7. The Balaban J connectivity index is 2.43. The highest BCUT2D eigenvalue weighted by Crippen LogP contribution is 2.25. The van der Waals surface area contributed by atoms with Crippen LogP contribution < -0.4 is 10.6 Å². The second-order valence-corrected chi connectivity index (χ2v) is 5.81. The summed E-state index contributed by atoms with van der Waals surface area (Å²) in [6.07, 6.45) is 0. The summed E-state index contributed by atoms with van der Waals surface area (Å²) in [6.45, 7) is -0.443. The Hall–Kier alpha value is -1.99. The number of thiocarbonyl (C=S) groups is 1. The molecule has 0 fully saturated rings. The van der Waals surface area contributed by atoms with Gasteiger partial charge in [0.25, 0.3) is 0 Å². The number of nitrogen functional groups attached to an aromatic ring is 1. The molecule has 114 valence electrons. The van der Waals surface area contributed by atoms with Crippen molar-refractivity contribution in [2.24, 2.45) is 0 Å². The van der Waals surface area contributed by atoms with Crippen LogP contribution in [0.2, 0.25) is 0 Å². The summed E-state index contributed by atoms with van der Waals surface area (Å²) in [5.41, 5.74) is 6.88. The van der Waals surface area contributed by atoms with Gasteiger partial charge in [0.2, 0.25) is 0 Å². The Morgan fingerprint density at radius 2 is 1.91 bits per heavy atom. The van der Waals surface area contributed by atoms with Gasteiger partial charge >= 0.3 is 5.97 Å². The van der Waals surface area contributed by atoms with Crippen LogP contribution in [-0.4, -0.2) is 22.6 Å². The van der Waals surface area contributed by atoms with Crippen molar-refractivity contribution in [2.75, 3.05) is 17.2 Å². The van der Waals surface area contributed by atoms with Crippen LogP contribution in [0.5, 0.6) is 0 Å². The Morgan fingerprint density at radius 3 is 2.45 bits per heavy atom. The van der Waals surface area contributed by atoms with Gasteiger partial charge in [-0.25, -0.2) is 4.39 Å². The smallest absolute Gasteiger partial charge is 0.323 e. The van der Waals surface area contributed by atoms with Crippen molar-refractivity contribution in [1.82, 2.24) is 0 Å². The van der Waals surface area contributed by atoms with Crippen molar-refractivity contribution in [3.05, 3.63) is 58.3 Å². The molecule has 4 nitrogen and oxygen atoms in total. The van der Waals surface area contributed by atoms with E-state index in [4.69, 9.17) is 23.1 Å². The number of carbonyl (C=O) groups is 1. The number of halogens is 2. The molecule has 0 aliphatic rings.